The third-order valence-electron chi connectivity index (χ3n) is 3.10. The van der Waals surface area contributed by atoms with Crippen molar-refractivity contribution in [3.8, 4) is 11.3 Å². The Morgan fingerprint density at radius 2 is 2.06 bits per heavy atom. The summed E-state index contributed by atoms with van der Waals surface area (Å²) in [5.41, 5.74) is 2.38. The van der Waals surface area contributed by atoms with Crippen molar-refractivity contribution in [1.29, 1.82) is 0 Å². The van der Waals surface area contributed by atoms with Gasteiger partial charge in [0.2, 0.25) is 0 Å². The Bertz CT molecular complexity index is 542. The van der Waals surface area contributed by atoms with Gasteiger partial charge in [-0.1, -0.05) is 37.3 Å². The van der Waals surface area contributed by atoms with Crippen molar-refractivity contribution in [2.45, 2.75) is 25.1 Å². The first kappa shape index (κ1) is 13.4. The maximum Gasteiger partial charge on any atom is 0.177 e. The molecule has 4 heteroatoms. The minimum Gasteiger partial charge on any atom is -0.337 e. The molecule has 2 aromatic rings. The average molecular weight is 278 g/mol. The van der Waals surface area contributed by atoms with Gasteiger partial charge in [-0.2, -0.15) is 11.8 Å². The van der Waals surface area contributed by atoms with E-state index in [1.54, 1.807) is 0 Å². The highest BCUT2D eigenvalue weighted by atomic mass is 32.2. The topological polar surface area (TPSA) is 20.7 Å². The predicted molar refractivity (Wildman–Crippen MR) is 82.6 cm³/mol. The van der Waals surface area contributed by atoms with E-state index in [-0.39, 0.29) is 0 Å². The second-order valence-electron chi connectivity index (χ2n) is 4.33. The standard InChI is InChI=1S/C14H18N2S2/c1-11(18-2)8-9-16-13(10-15-14(16)17)12-6-4-3-5-7-12/h3-7,10-11H,8-9H2,1-2H3,(H,15,17). The first-order valence-electron chi connectivity index (χ1n) is 6.09. The largest absolute Gasteiger partial charge is 0.337 e. The Balaban J connectivity index is 2.25. The number of imidazole rings is 1. The van der Waals surface area contributed by atoms with Crippen LogP contribution in [0.4, 0.5) is 0 Å². The van der Waals surface area contributed by atoms with Gasteiger partial charge in [0.05, 0.1) is 5.69 Å². The fourth-order valence-electron chi connectivity index (χ4n) is 1.89. The molecule has 1 unspecified atom stereocenters. The highest BCUT2D eigenvalue weighted by Gasteiger charge is 2.07. The SMILES string of the molecule is CSC(C)CCn1c(-c2ccccc2)c[nH]c1=S. The van der Waals surface area contributed by atoms with Crippen LogP contribution in [0.2, 0.25) is 0 Å². The molecule has 0 amide bonds. The van der Waals surface area contributed by atoms with Crippen LogP contribution in [0.5, 0.6) is 0 Å². The zero-order valence-corrected chi connectivity index (χ0v) is 12.4. The Labute approximate surface area is 117 Å². The molecule has 0 aliphatic carbocycles. The van der Waals surface area contributed by atoms with Crippen molar-refractivity contribution in [2.75, 3.05) is 6.26 Å². The second-order valence-corrected chi connectivity index (χ2v) is 5.99. The third-order valence-corrected chi connectivity index (χ3v) is 4.48. The maximum atomic E-state index is 5.36. The van der Waals surface area contributed by atoms with Crippen LogP contribution in [0.25, 0.3) is 11.3 Å². The molecule has 1 aromatic carbocycles. The van der Waals surface area contributed by atoms with Gasteiger partial charge in [0.15, 0.2) is 4.77 Å². The first-order chi connectivity index (χ1) is 8.72. The number of H-pyrrole nitrogens is 1. The van der Waals surface area contributed by atoms with Gasteiger partial charge in [0.25, 0.3) is 0 Å². The van der Waals surface area contributed by atoms with Crippen molar-refractivity contribution in [2.24, 2.45) is 0 Å². The summed E-state index contributed by atoms with van der Waals surface area (Å²) in [5.74, 6) is 0. The van der Waals surface area contributed by atoms with Gasteiger partial charge in [0.1, 0.15) is 0 Å². The van der Waals surface area contributed by atoms with E-state index >= 15 is 0 Å². The summed E-state index contributed by atoms with van der Waals surface area (Å²) < 4.78 is 3.00. The number of nitrogens with zero attached hydrogens (tertiary/aromatic N) is 1. The lowest BCUT2D eigenvalue weighted by Gasteiger charge is -2.11. The highest BCUT2D eigenvalue weighted by Crippen LogP contribution is 2.21. The van der Waals surface area contributed by atoms with E-state index in [1.807, 2.05) is 24.0 Å². The fourth-order valence-corrected chi connectivity index (χ4v) is 2.48. The summed E-state index contributed by atoms with van der Waals surface area (Å²) in [7, 11) is 0. The zero-order chi connectivity index (χ0) is 13.0. The van der Waals surface area contributed by atoms with E-state index in [2.05, 4.69) is 47.0 Å². The normalized spacial score (nSPS) is 12.6. The molecule has 0 aliphatic heterocycles. The van der Waals surface area contributed by atoms with Crippen LogP contribution >= 0.6 is 24.0 Å². The molecule has 18 heavy (non-hydrogen) atoms. The quantitative estimate of drug-likeness (QED) is 0.821. The number of thioether (sulfide) groups is 1. The molecule has 0 fully saturated rings. The molecule has 1 N–H and O–H groups in total. The van der Waals surface area contributed by atoms with Gasteiger partial charge < -0.3 is 9.55 Å². The third kappa shape index (κ3) is 3.06. The fraction of sp³-hybridized carbons (Fsp3) is 0.357. The number of aromatic nitrogens is 2. The molecule has 0 spiro atoms. The molecule has 1 heterocycles. The van der Waals surface area contributed by atoms with Crippen LogP contribution in [0, 0.1) is 4.77 Å². The number of hydrogen-bond acceptors (Lipinski definition) is 2. The van der Waals surface area contributed by atoms with E-state index in [9.17, 15) is 0 Å². The number of benzene rings is 1. The van der Waals surface area contributed by atoms with Crippen LogP contribution in [0.15, 0.2) is 36.5 Å². The Morgan fingerprint density at radius 3 is 2.72 bits per heavy atom. The molecular formula is C14H18N2S2. The van der Waals surface area contributed by atoms with Crippen molar-refractivity contribution in [1.82, 2.24) is 9.55 Å². The molecule has 0 aliphatic rings. The van der Waals surface area contributed by atoms with Crippen LogP contribution in [0.1, 0.15) is 13.3 Å². The van der Waals surface area contributed by atoms with Crippen LogP contribution in [-0.4, -0.2) is 21.1 Å². The lowest BCUT2D eigenvalue weighted by atomic mass is 10.1. The minimum atomic E-state index is 0.658. The average Bonchev–Trinajstić information content (AvgIpc) is 2.78. The number of rotatable bonds is 5. The molecule has 1 aromatic heterocycles. The molecule has 0 saturated carbocycles. The molecular weight excluding hydrogens is 260 g/mol. The van der Waals surface area contributed by atoms with Gasteiger partial charge in [-0.05, 0) is 30.5 Å². The van der Waals surface area contributed by atoms with Gasteiger partial charge in [-0.15, -0.1) is 0 Å². The molecule has 0 radical (unpaired) electrons. The lowest BCUT2D eigenvalue weighted by Crippen LogP contribution is -2.06. The molecule has 2 rings (SSSR count). The zero-order valence-electron chi connectivity index (χ0n) is 10.7. The van der Waals surface area contributed by atoms with E-state index in [0.29, 0.717) is 5.25 Å². The van der Waals surface area contributed by atoms with Crippen molar-refractivity contribution < 1.29 is 0 Å². The molecule has 96 valence electrons. The van der Waals surface area contributed by atoms with Crippen LogP contribution < -0.4 is 0 Å². The van der Waals surface area contributed by atoms with Gasteiger partial charge >= 0.3 is 0 Å². The Morgan fingerprint density at radius 1 is 1.33 bits per heavy atom. The van der Waals surface area contributed by atoms with E-state index in [0.717, 1.165) is 17.7 Å². The first-order valence-corrected chi connectivity index (χ1v) is 7.78. The van der Waals surface area contributed by atoms with Crippen molar-refractivity contribution in [3.05, 3.63) is 41.3 Å². The van der Waals surface area contributed by atoms with Gasteiger partial charge in [-0.25, -0.2) is 0 Å². The summed E-state index contributed by atoms with van der Waals surface area (Å²) in [6.45, 7) is 3.22. The van der Waals surface area contributed by atoms with E-state index in [4.69, 9.17) is 12.2 Å². The number of hydrogen-bond donors (Lipinski definition) is 1. The minimum absolute atomic E-state index is 0.658. The van der Waals surface area contributed by atoms with Crippen molar-refractivity contribution >= 4 is 24.0 Å². The van der Waals surface area contributed by atoms with Crippen molar-refractivity contribution in [3.63, 3.8) is 0 Å². The number of nitrogens with one attached hydrogen (secondary N) is 1. The maximum absolute atomic E-state index is 5.36. The summed E-state index contributed by atoms with van der Waals surface area (Å²) in [5, 5.41) is 0.658. The van der Waals surface area contributed by atoms with Crippen LogP contribution in [-0.2, 0) is 6.54 Å². The van der Waals surface area contributed by atoms with Crippen LogP contribution in [0.3, 0.4) is 0 Å². The highest BCUT2D eigenvalue weighted by molar-refractivity contribution is 7.99. The Hall–Kier alpha value is -1.00. The van der Waals surface area contributed by atoms with Gasteiger partial charge in [-0.3, -0.25) is 0 Å². The molecule has 2 nitrogen and oxygen atoms in total. The predicted octanol–water partition coefficient (Wildman–Crippen LogP) is 4.35. The monoisotopic (exact) mass is 278 g/mol. The molecule has 0 bridgehead atoms. The summed E-state index contributed by atoms with van der Waals surface area (Å²) in [6.07, 6.45) is 5.29. The van der Waals surface area contributed by atoms with E-state index in [1.165, 1.54) is 11.3 Å². The Kier molecular flexibility index (Phi) is 4.66. The summed E-state index contributed by atoms with van der Waals surface area (Å²) >= 11 is 7.26. The summed E-state index contributed by atoms with van der Waals surface area (Å²) in [6, 6.07) is 10.4. The smallest absolute Gasteiger partial charge is 0.177 e. The second kappa shape index (κ2) is 6.25. The lowest BCUT2D eigenvalue weighted by molar-refractivity contribution is 0.638. The van der Waals surface area contributed by atoms with Gasteiger partial charge in [0, 0.05) is 18.0 Å². The molecule has 1 atom stereocenters. The summed E-state index contributed by atoms with van der Waals surface area (Å²) in [4.78, 5) is 3.15. The van der Waals surface area contributed by atoms with E-state index < -0.39 is 0 Å². The molecule has 0 saturated heterocycles. The number of aromatic amines is 1.